The van der Waals surface area contributed by atoms with Gasteiger partial charge in [-0.15, -0.1) is 0 Å². The molecule has 3 aliphatic rings. The third-order valence-corrected chi connectivity index (χ3v) is 5.10. The molecule has 1 aromatic carbocycles. The average Bonchev–Trinajstić information content (AvgIpc) is 3.01. The van der Waals surface area contributed by atoms with E-state index in [2.05, 4.69) is 5.32 Å². The Hall–Kier alpha value is -2.82. The summed E-state index contributed by atoms with van der Waals surface area (Å²) in [5, 5.41) is 2.82. The molecule has 0 saturated heterocycles. The first-order valence-electron chi connectivity index (χ1n) is 7.91. The van der Waals surface area contributed by atoms with Gasteiger partial charge in [0.2, 0.25) is 0 Å². The van der Waals surface area contributed by atoms with Crippen molar-refractivity contribution in [2.45, 2.75) is 12.0 Å². The highest BCUT2D eigenvalue weighted by molar-refractivity contribution is 6.25. The smallest absolute Gasteiger partial charge is 0.261 e. The number of allylic oxidation sites excluding steroid dienone is 2. The third-order valence-electron chi connectivity index (χ3n) is 5.10. The van der Waals surface area contributed by atoms with Crippen LogP contribution in [0.25, 0.3) is 0 Å². The number of benzene rings is 1. The summed E-state index contributed by atoms with van der Waals surface area (Å²) in [6, 6.07) is 9.14. The van der Waals surface area contributed by atoms with Crippen LogP contribution >= 0.6 is 0 Å². The highest BCUT2D eigenvalue weighted by Gasteiger charge is 2.58. The van der Waals surface area contributed by atoms with Gasteiger partial charge in [0.1, 0.15) is 16.9 Å². The van der Waals surface area contributed by atoms with E-state index in [-0.39, 0.29) is 23.3 Å². The number of para-hydroxylation sites is 1. The van der Waals surface area contributed by atoms with Crippen molar-refractivity contribution in [2.24, 2.45) is 5.92 Å². The third kappa shape index (κ3) is 1.81. The monoisotopic (exact) mass is 322 g/mol. The second-order valence-corrected chi connectivity index (χ2v) is 6.30. The first-order valence-corrected chi connectivity index (χ1v) is 7.91. The zero-order chi connectivity index (χ0) is 16.9. The lowest BCUT2D eigenvalue weighted by molar-refractivity contribution is -0.129. The van der Waals surface area contributed by atoms with Gasteiger partial charge in [0.05, 0.1) is 7.11 Å². The first-order chi connectivity index (χ1) is 11.6. The Bertz CT molecular complexity index is 822. The number of carbonyl (C=O) groups is 2. The lowest BCUT2D eigenvalue weighted by Crippen LogP contribution is -2.47. The SMILES string of the molecule is COC1=CC2C=CC3=C(C(=O)Nc4ccccc4)C(=O)N(C)C13C2. The highest BCUT2D eigenvalue weighted by Crippen LogP contribution is 2.52. The summed E-state index contributed by atoms with van der Waals surface area (Å²) in [7, 11) is 3.35. The molecule has 5 nitrogen and oxygen atoms in total. The molecule has 24 heavy (non-hydrogen) atoms. The number of nitrogens with zero attached hydrogens (tertiary/aromatic N) is 1. The Morgan fingerprint density at radius 3 is 2.79 bits per heavy atom. The standard InChI is InChI=1S/C19H18N2O3/c1-21-18(23)16(17(22)20-13-6-4-3-5-7-13)14-9-8-12-10-15(24-2)19(14,21)11-12/h3-10,12H,11H2,1-2H3,(H,20,22). The van der Waals surface area contributed by atoms with Gasteiger partial charge in [-0.05, 0) is 24.6 Å². The number of methoxy groups -OCH3 is 1. The molecule has 4 rings (SSSR count). The Balaban J connectivity index is 1.79. The van der Waals surface area contributed by atoms with Gasteiger partial charge in [-0.25, -0.2) is 0 Å². The van der Waals surface area contributed by atoms with Crippen LogP contribution in [0.15, 0.2) is 65.5 Å². The maximum Gasteiger partial charge on any atom is 0.261 e. The van der Waals surface area contributed by atoms with Crippen molar-refractivity contribution in [1.82, 2.24) is 4.90 Å². The van der Waals surface area contributed by atoms with Gasteiger partial charge in [-0.1, -0.05) is 30.4 Å². The molecule has 1 aromatic rings. The van der Waals surface area contributed by atoms with Crippen molar-refractivity contribution in [3.8, 4) is 0 Å². The molecular weight excluding hydrogens is 304 g/mol. The minimum Gasteiger partial charge on any atom is -0.499 e. The molecular formula is C19H18N2O3. The number of anilines is 1. The lowest BCUT2D eigenvalue weighted by atomic mass is 9.81. The topological polar surface area (TPSA) is 58.6 Å². The van der Waals surface area contributed by atoms with Crippen LogP contribution in [0.2, 0.25) is 0 Å². The number of rotatable bonds is 3. The predicted molar refractivity (Wildman–Crippen MR) is 89.9 cm³/mol. The number of ether oxygens (including phenoxy) is 1. The molecule has 122 valence electrons. The second kappa shape index (κ2) is 5.09. The van der Waals surface area contributed by atoms with E-state index in [9.17, 15) is 9.59 Å². The average molecular weight is 322 g/mol. The van der Waals surface area contributed by atoms with Crippen LogP contribution in [0.4, 0.5) is 5.69 Å². The molecule has 1 aliphatic heterocycles. The number of likely N-dealkylation sites (N-methyl/N-ethyl adjacent to an activating group) is 1. The molecule has 5 heteroatoms. The van der Waals surface area contributed by atoms with Gasteiger partial charge in [0, 0.05) is 24.2 Å². The summed E-state index contributed by atoms with van der Waals surface area (Å²) in [5.41, 5.74) is 0.944. The van der Waals surface area contributed by atoms with E-state index in [0.29, 0.717) is 5.69 Å². The molecule has 0 fully saturated rings. The summed E-state index contributed by atoms with van der Waals surface area (Å²) in [6.45, 7) is 0. The molecule has 2 bridgehead atoms. The Kier molecular flexibility index (Phi) is 3.13. The normalized spacial score (nSPS) is 27.2. The largest absolute Gasteiger partial charge is 0.499 e. The van der Waals surface area contributed by atoms with Crippen LogP contribution < -0.4 is 5.32 Å². The number of carbonyl (C=O) groups excluding carboxylic acids is 2. The van der Waals surface area contributed by atoms with Crippen molar-refractivity contribution in [1.29, 1.82) is 0 Å². The fourth-order valence-electron chi connectivity index (χ4n) is 3.96. The molecule has 1 heterocycles. The number of nitrogens with one attached hydrogen (secondary N) is 1. The Morgan fingerprint density at radius 2 is 2.08 bits per heavy atom. The number of fused-ring (bicyclic) bond motifs is 1. The maximum absolute atomic E-state index is 12.8. The predicted octanol–water partition coefficient (Wildman–Crippen LogP) is 2.25. The van der Waals surface area contributed by atoms with Crippen LogP contribution in [-0.2, 0) is 14.3 Å². The summed E-state index contributed by atoms with van der Waals surface area (Å²) in [6.07, 6.45) is 6.69. The maximum atomic E-state index is 12.8. The minimum absolute atomic E-state index is 0.195. The van der Waals surface area contributed by atoms with Gasteiger partial charge in [-0.3, -0.25) is 9.59 Å². The van der Waals surface area contributed by atoms with Crippen molar-refractivity contribution < 1.29 is 14.3 Å². The van der Waals surface area contributed by atoms with E-state index in [0.717, 1.165) is 17.8 Å². The molecule has 2 unspecified atom stereocenters. The van der Waals surface area contributed by atoms with E-state index < -0.39 is 5.54 Å². The van der Waals surface area contributed by atoms with Crippen molar-refractivity contribution >= 4 is 17.5 Å². The molecule has 1 spiro atoms. The van der Waals surface area contributed by atoms with Crippen LogP contribution in [0, 0.1) is 5.92 Å². The number of amides is 2. The van der Waals surface area contributed by atoms with Crippen LogP contribution in [0.5, 0.6) is 0 Å². The van der Waals surface area contributed by atoms with E-state index >= 15 is 0 Å². The van der Waals surface area contributed by atoms with Gasteiger partial charge < -0.3 is 15.0 Å². The Morgan fingerprint density at radius 1 is 1.33 bits per heavy atom. The molecule has 2 aliphatic carbocycles. The fraction of sp³-hybridized carbons (Fsp3) is 0.263. The van der Waals surface area contributed by atoms with Crippen LogP contribution in [0.3, 0.4) is 0 Å². The molecule has 2 amide bonds. The van der Waals surface area contributed by atoms with Crippen molar-refractivity contribution in [3.63, 3.8) is 0 Å². The van der Waals surface area contributed by atoms with E-state index in [1.807, 2.05) is 36.4 Å². The molecule has 2 atom stereocenters. The van der Waals surface area contributed by atoms with Gasteiger partial charge in [0.15, 0.2) is 0 Å². The fourth-order valence-corrected chi connectivity index (χ4v) is 3.96. The summed E-state index contributed by atoms with van der Waals surface area (Å²) < 4.78 is 5.56. The highest BCUT2D eigenvalue weighted by atomic mass is 16.5. The van der Waals surface area contributed by atoms with Crippen LogP contribution in [-0.4, -0.2) is 36.4 Å². The number of hydrogen-bond donors (Lipinski definition) is 1. The molecule has 1 N–H and O–H groups in total. The Labute approximate surface area is 140 Å². The van der Waals surface area contributed by atoms with E-state index in [4.69, 9.17) is 4.74 Å². The lowest BCUT2D eigenvalue weighted by Gasteiger charge is -2.37. The van der Waals surface area contributed by atoms with E-state index in [1.54, 1.807) is 31.2 Å². The van der Waals surface area contributed by atoms with Gasteiger partial charge in [-0.2, -0.15) is 0 Å². The van der Waals surface area contributed by atoms with Gasteiger partial charge in [0.25, 0.3) is 11.8 Å². The quantitative estimate of drug-likeness (QED) is 0.869. The molecule has 0 saturated carbocycles. The van der Waals surface area contributed by atoms with Crippen LogP contribution in [0.1, 0.15) is 6.42 Å². The first kappa shape index (κ1) is 14.8. The summed E-state index contributed by atoms with van der Waals surface area (Å²) >= 11 is 0. The number of hydrogen-bond acceptors (Lipinski definition) is 3. The second-order valence-electron chi connectivity index (χ2n) is 6.30. The molecule has 0 aromatic heterocycles. The zero-order valence-electron chi connectivity index (χ0n) is 13.6. The van der Waals surface area contributed by atoms with Gasteiger partial charge >= 0.3 is 0 Å². The van der Waals surface area contributed by atoms with Crippen molar-refractivity contribution in [3.05, 3.63) is 65.5 Å². The van der Waals surface area contributed by atoms with Crippen molar-refractivity contribution in [2.75, 3.05) is 19.5 Å². The summed E-state index contributed by atoms with van der Waals surface area (Å²) in [4.78, 5) is 27.3. The van der Waals surface area contributed by atoms with E-state index in [1.165, 1.54) is 0 Å². The summed E-state index contributed by atoms with van der Waals surface area (Å²) in [5.74, 6) is 0.324. The molecule has 0 radical (unpaired) electrons. The minimum atomic E-state index is -0.644. The zero-order valence-corrected chi connectivity index (χ0v) is 13.6.